The van der Waals surface area contributed by atoms with Crippen LogP contribution in [0, 0.1) is 0 Å². The third kappa shape index (κ3) is 3.33. The fourth-order valence-corrected chi connectivity index (χ4v) is 2.75. The summed E-state index contributed by atoms with van der Waals surface area (Å²) in [6, 6.07) is 12.5. The Morgan fingerprint density at radius 3 is 2.54 bits per heavy atom. The fourth-order valence-electron chi connectivity index (χ4n) is 2.49. The SMILES string of the molecule is O=C(Nc1cnc(-n2cccn2)c(Cl)c1)Nc1cnc2ccccc2c1. The van der Waals surface area contributed by atoms with Crippen molar-refractivity contribution < 1.29 is 4.79 Å². The van der Waals surface area contributed by atoms with E-state index in [2.05, 4.69) is 25.7 Å². The van der Waals surface area contributed by atoms with Crippen molar-refractivity contribution in [2.24, 2.45) is 0 Å². The van der Waals surface area contributed by atoms with E-state index in [1.807, 2.05) is 30.3 Å². The maximum Gasteiger partial charge on any atom is 0.323 e. The predicted octanol–water partition coefficient (Wildman–Crippen LogP) is 4.11. The number of pyridine rings is 2. The van der Waals surface area contributed by atoms with E-state index in [1.54, 1.807) is 35.4 Å². The van der Waals surface area contributed by atoms with Crippen LogP contribution in [0.15, 0.2) is 67.3 Å². The maximum absolute atomic E-state index is 12.2. The first-order chi connectivity index (χ1) is 12.7. The molecule has 3 heterocycles. The lowest BCUT2D eigenvalue weighted by Gasteiger charge is -2.09. The van der Waals surface area contributed by atoms with Crippen molar-refractivity contribution >= 4 is 39.9 Å². The average Bonchev–Trinajstić information content (AvgIpc) is 3.16. The number of carbonyl (C=O) groups is 1. The Hall–Kier alpha value is -3.45. The van der Waals surface area contributed by atoms with Crippen LogP contribution in [0.1, 0.15) is 0 Å². The van der Waals surface area contributed by atoms with Crippen molar-refractivity contribution in [3.63, 3.8) is 0 Å². The van der Waals surface area contributed by atoms with Crippen molar-refractivity contribution in [2.45, 2.75) is 0 Å². The first-order valence-electron chi connectivity index (χ1n) is 7.77. The molecule has 2 amide bonds. The van der Waals surface area contributed by atoms with E-state index in [4.69, 9.17) is 11.6 Å². The van der Waals surface area contributed by atoms with Gasteiger partial charge in [0.15, 0.2) is 5.82 Å². The standard InChI is InChI=1S/C18H13ClN6O/c19-15-9-14(11-21-17(15)25-7-3-6-22-25)24-18(26)23-13-8-12-4-1-2-5-16(12)20-10-13/h1-11H,(H2,23,24,26). The highest BCUT2D eigenvalue weighted by atomic mass is 35.5. The Kier molecular flexibility index (Phi) is 4.20. The van der Waals surface area contributed by atoms with E-state index in [-0.39, 0.29) is 0 Å². The van der Waals surface area contributed by atoms with Crippen molar-refractivity contribution in [3.8, 4) is 5.82 Å². The lowest BCUT2D eigenvalue weighted by atomic mass is 10.2. The van der Waals surface area contributed by atoms with Gasteiger partial charge in [0.25, 0.3) is 0 Å². The molecule has 0 aliphatic heterocycles. The number of hydrogen-bond donors (Lipinski definition) is 2. The first kappa shape index (κ1) is 16.0. The Balaban J connectivity index is 1.48. The molecule has 0 saturated heterocycles. The number of aromatic nitrogens is 4. The van der Waals surface area contributed by atoms with Gasteiger partial charge in [0.2, 0.25) is 0 Å². The van der Waals surface area contributed by atoms with Gasteiger partial charge in [-0.1, -0.05) is 29.8 Å². The number of amides is 2. The molecule has 0 aliphatic rings. The molecule has 0 bridgehead atoms. The van der Waals surface area contributed by atoms with Crippen molar-refractivity contribution in [1.29, 1.82) is 0 Å². The van der Waals surface area contributed by atoms with E-state index in [0.717, 1.165) is 10.9 Å². The smallest absolute Gasteiger partial charge is 0.306 e. The third-order valence-electron chi connectivity index (χ3n) is 3.65. The molecule has 0 unspecified atom stereocenters. The second kappa shape index (κ2) is 6.81. The summed E-state index contributed by atoms with van der Waals surface area (Å²) >= 11 is 6.22. The summed E-state index contributed by atoms with van der Waals surface area (Å²) in [5.74, 6) is 0.487. The van der Waals surface area contributed by atoms with Crippen LogP contribution >= 0.6 is 11.6 Å². The van der Waals surface area contributed by atoms with Gasteiger partial charge >= 0.3 is 6.03 Å². The lowest BCUT2D eigenvalue weighted by molar-refractivity contribution is 0.262. The van der Waals surface area contributed by atoms with E-state index >= 15 is 0 Å². The van der Waals surface area contributed by atoms with Gasteiger partial charge in [-0.25, -0.2) is 14.5 Å². The molecule has 7 nitrogen and oxygen atoms in total. The number of benzene rings is 1. The van der Waals surface area contributed by atoms with Gasteiger partial charge in [-0.15, -0.1) is 0 Å². The number of nitrogens with zero attached hydrogens (tertiary/aromatic N) is 4. The highest BCUT2D eigenvalue weighted by molar-refractivity contribution is 6.32. The molecule has 4 aromatic rings. The first-order valence-corrected chi connectivity index (χ1v) is 8.15. The summed E-state index contributed by atoms with van der Waals surface area (Å²) in [5, 5.41) is 10.8. The predicted molar refractivity (Wildman–Crippen MR) is 101 cm³/mol. The zero-order valence-corrected chi connectivity index (χ0v) is 14.2. The number of carbonyl (C=O) groups excluding carboxylic acids is 1. The largest absolute Gasteiger partial charge is 0.323 e. The molecule has 4 rings (SSSR count). The number of para-hydroxylation sites is 1. The Labute approximate surface area is 153 Å². The van der Waals surface area contributed by atoms with Crippen LogP contribution in [-0.4, -0.2) is 25.8 Å². The van der Waals surface area contributed by atoms with Gasteiger partial charge in [0.1, 0.15) is 0 Å². The number of fused-ring (bicyclic) bond motifs is 1. The monoisotopic (exact) mass is 364 g/mol. The Morgan fingerprint density at radius 2 is 1.77 bits per heavy atom. The van der Waals surface area contributed by atoms with Crippen LogP contribution in [0.3, 0.4) is 0 Å². The van der Waals surface area contributed by atoms with Gasteiger partial charge in [-0.05, 0) is 24.3 Å². The van der Waals surface area contributed by atoms with Gasteiger partial charge in [-0.3, -0.25) is 4.98 Å². The zero-order chi connectivity index (χ0) is 17.9. The Morgan fingerprint density at radius 1 is 1.00 bits per heavy atom. The molecule has 2 N–H and O–H groups in total. The van der Waals surface area contributed by atoms with Crippen LogP contribution in [-0.2, 0) is 0 Å². The topological polar surface area (TPSA) is 84.7 Å². The molecule has 3 aromatic heterocycles. The normalized spacial score (nSPS) is 10.7. The van der Waals surface area contributed by atoms with Crippen molar-refractivity contribution in [1.82, 2.24) is 19.7 Å². The molecule has 26 heavy (non-hydrogen) atoms. The molecule has 1 aromatic carbocycles. The number of rotatable bonds is 3. The second-order valence-electron chi connectivity index (χ2n) is 5.48. The van der Waals surface area contributed by atoms with Crippen molar-refractivity contribution in [2.75, 3.05) is 10.6 Å². The molecule has 0 atom stereocenters. The molecular formula is C18H13ClN6O. The van der Waals surface area contributed by atoms with E-state index in [1.165, 1.54) is 6.20 Å². The lowest BCUT2D eigenvalue weighted by Crippen LogP contribution is -2.19. The molecule has 0 fully saturated rings. The average molecular weight is 365 g/mol. The van der Waals surface area contributed by atoms with Gasteiger partial charge in [0, 0.05) is 17.8 Å². The second-order valence-corrected chi connectivity index (χ2v) is 5.88. The van der Waals surface area contributed by atoms with Crippen LogP contribution in [0.5, 0.6) is 0 Å². The van der Waals surface area contributed by atoms with Gasteiger partial charge in [-0.2, -0.15) is 5.10 Å². The number of urea groups is 1. The minimum atomic E-state index is -0.410. The summed E-state index contributed by atoms with van der Waals surface area (Å²) in [7, 11) is 0. The summed E-state index contributed by atoms with van der Waals surface area (Å²) in [6.07, 6.45) is 6.49. The summed E-state index contributed by atoms with van der Waals surface area (Å²) in [6.45, 7) is 0. The summed E-state index contributed by atoms with van der Waals surface area (Å²) in [4.78, 5) is 20.7. The summed E-state index contributed by atoms with van der Waals surface area (Å²) < 4.78 is 1.55. The minimum Gasteiger partial charge on any atom is -0.306 e. The Bertz CT molecular complexity index is 1080. The number of anilines is 2. The zero-order valence-electron chi connectivity index (χ0n) is 13.4. The fraction of sp³-hybridized carbons (Fsp3) is 0. The molecule has 8 heteroatoms. The molecule has 128 valence electrons. The van der Waals surface area contributed by atoms with E-state index in [9.17, 15) is 4.79 Å². The molecule has 0 radical (unpaired) electrons. The maximum atomic E-state index is 12.2. The number of halogens is 1. The van der Waals surface area contributed by atoms with E-state index < -0.39 is 6.03 Å². The quantitative estimate of drug-likeness (QED) is 0.572. The van der Waals surface area contributed by atoms with Crippen LogP contribution in [0.2, 0.25) is 5.02 Å². The molecule has 0 saturated carbocycles. The van der Waals surface area contributed by atoms with Crippen LogP contribution in [0.4, 0.5) is 16.2 Å². The van der Waals surface area contributed by atoms with E-state index in [0.29, 0.717) is 22.2 Å². The van der Waals surface area contributed by atoms with Crippen LogP contribution in [0.25, 0.3) is 16.7 Å². The number of nitrogens with one attached hydrogen (secondary N) is 2. The van der Waals surface area contributed by atoms with Crippen molar-refractivity contribution in [3.05, 3.63) is 72.3 Å². The highest BCUT2D eigenvalue weighted by Crippen LogP contribution is 2.21. The highest BCUT2D eigenvalue weighted by Gasteiger charge is 2.09. The van der Waals surface area contributed by atoms with Gasteiger partial charge in [0.05, 0.1) is 34.3 Å². The number of hydrogen-bond acceptors (Lipinski definition) is 4. The van der Waals surface area contributed by atoms with Gasteiger partial charge < -0.3 is 10.6 Å². The molecular weight excluding hydrogens is 352 g/mol. The molecule has 0 aliphatic carbocycles. The molecule has 0 spiro atoms. The minimum absolute atomic E-state index is 0.374. The third-order valence-corrected chi connectivity index (χ3v) is 3.93. The van der Waals surface area contributed by atoms with Crippen LogP contribution < -0.4 is 10.6 Å². The summed E-state index contributed by atoms with van der Waals surface area (Å²) in [5.41, 5.74) is 1.93.